The van der Waals surface area contributed by atoms with E-state index in [0.717, 1.165) is 12.7 Å². The number of para-hydroxylation sites is 1. The molecule has 2 N–H and O–H groups in total. The van der Waals surface area contributed by atoms with Gasteiger partial charge in [0.25, 0.3) is 0 Å². The Morgan fingerprint density at radius 3 is 2.60 bits per heavy atom. The molecule has 1 aliphatic rings. The van der Waals surface area contributed by atoms with Crippen molar-refractivity contribution in [3.63, 3.8) is 0 Å². The number of carbonyl (C=O) groups is 1. The van der Waals surface area contributed by atoms with Gasteiger partial charge in [0.1, 0.15) is 0 Å². The Balaban J connectivity index is 2.40. The summed E-state index contributed by atoms with van der Waals surface area (Å²) >= 11 is 0. The van der Waals surface area contributed by atoms with Gasteiger partial charge in [-0.1, -0.05) is 6.07 Å². The summed E-state index contributed by atoms with van der Waals surface area (Å²) in [5.41, 5.74) is 6.81. The summed E-state index contributed by atoms with van der Waals surface area (Å²) in [5.74, 6) is 0.00617. The molecule has 0 atom stereocenters. The molecule has 6 nitrogen and oxygen atoms in total. The Morgan fingerprint density at radius 2 is 1.95 bits per heavy atom. The van der Waals surface area contributed by atoms with Crippen molar-refractivity contribution in [3.8, 4) is 0 Å². The number of sulfone groups is 1. The number of hydrogen-bond acceptors (Lipinski definition) is 5. The van der Waals surface area contributed by atoms with Crippen molar-refractivity contribution in [1.29, 1.82) is 0 Å². The summed E-state index contributed by atoms with van der Waals surface area (Å²) in [6.45, 7) is 1.59. The van der Waals surface area contributed by atoms with E-state index in [1.54, 1.807) is 24.1 Å². The maximum atomic E-state index is 11.9. The van der Waals surface area contributed by atoms with Crippen LogP contribution in [0.15, 0.2) is 23.1 Å². The minimum atomic E-state index is -3.38. The maximum Gasteiger partial charge on any atom is 0.241 e. The molecule has 7 heteroatoms. The van der Waals surface area contributed by atoms with Crippen LogP contribution >= 0.6 is 0 Å². The predicted molar refractivity (Wildman–Crippen MR) is 78.4 cm³/mol. The molecule has 1 aromatic rings. The molecule has 1 saturated heterocycles. The number of benzene rings is 1. The van der Waals surface area contributed by atoms with E-state index >= 15 is 0 Å². The topological polar surface area (TPSA) is 83.7 Å². The first kappa shape index (κ1) is 14.6. The van der Waals surface area contributed by atoms with Gasteiger partial charge in [-0.3, -0.25) is 4.79 Å². The zero-order valence-corrected chi connectivity index (χ0v) is 12.5. The van der Waals surface area contributed by atoms with E-state index in [1.165, 1.54) is 6.07 Å². The van der Waals surface area contributed by atoms with Crippen molar-refractivity contribution < 1.29 is 13.2 Å². The minimum Gasteiger partial charge on any atom is -0.396 e. The third-order valence-electron chi connectivity index (χ3n) is 3.46. The summed E-state index contributed by atoms with van der Waals surface area (Å²) in [5, 5.41) is 0. The molecule has 1 fully saturated rings. The molecule has 20 heavy (non-hydrogen) atoms. The molecule has 1 heterocycles. The number of rotatable bonds is 2. The number of nitrogen functional groups attached to an aromatic ring is 1. The van der Waals surface area contributed by atoms with Gasteiger partial charge in [-0.05, 0) is 18.6 Å². The fourth-order valence-electron chi connectivity index (χ4n) is 2.32. The van der Waals surface area contributed by atoms with Gasteiger partial charge in [0, 0.05) is 26.4 Å². The van der Waals surface area contributed by atoms with Crippen LogP contribution in [0.3, 0.4) is 0 Å². The average molecular weight is 297 g/mol. The fourth-order valence-corrected chi connectivity index (χ4v) is 3.15. The Hall–Kier alpha value is -1.76. The quantitative estimate of drug-likeness (QED) is 0.796. The van der Waals surface area contributed by atoms with Crippen LogP contribution in [0.5, 0.6) is 0 Å². The van der Waals surface area contributed by atoms with Gasteiger partial charge in [-0.15, -0.1) is 0 Å². The second kappa shape index (κ2) is 5.32. The number of anilines is 2. The summed E-state index contributed by atoms with van der Waals surface area (Å²) in [4.78, 5) is 15.5. The molecule has 1 amide bonds. The van der Waals surface area contributed by atoms with Gasteiger partial charge in [0.15, 0.2) is 9.84 Å². The Morgan fingerprint density at radius 1 is 1.25 bits per heavy atom. The van der Waals surface area contributed by atoms with Gasteiger partial charge in [0.2, 0.25) is 5.91 Å². The molecule has 0 unspecified atom stereocenters. The van der Waals surface area contributed by atoms with Crippen LogP contribution in [-0.2, 0) is 14.6 Å². The molecule has 110 valence electrons. The van der Waals surface area contributed by atoms with Crippen LogP contribution in [0.1, 0.15) is 6.42 Å². The lowest BCUT2D eigenvalue weighted by molar-refractivity contribution is -0.127. The van der Waals surface area contributed by atoms with Crippen LogP contribution in [0.4, 0.5) is 11.4 Å². The Kier molecular flexibility index (Phi) is 3.89. The number of nitrogens with zero attached hydrogens (tertiary/aromatic N) is 2. The maximum absolute atomic E-state index is 11.9. The third-order valence-corrected chi connectivity index (χ3v) is 4.61. The first-order valence-corrected chi connectivity index (χ1v) is 8.27. The summed E-state index contributed by atoms with van der Waals surface area (Å²) in [6, 6.07) is 4.89. The van der Waals surface area contributed by atoms with Gasteiger partial charge in [-0.2, -0.15) is 0 Å². The third kappa shape index (κ3) is 2.87. The fraction of sp³-hybridized carbons (Fsp3) is 0.462. The molecule has 0 bridgehead atoms. The van der Waals surface area contributed by atoms with Crippen molar-refractivity contribution in [3.05, 3.63) is 18.2 Å². The first-order valence-electron chi connectivity index (χ1n) is 6.38. The standard InChI is InChI=1S/C13H19N3O3S/c1-15-7-4-8-16(9-12(15)17)10-5-3-6-11(13(10)14)20(2,18)19/h3,5-6H,4,7-9,14H2,1-2H3. The lowest BCUT2D eigenvalue weighted by Crippen LogP contribution is -2.34. The molecule has 1 aromatic carbocycles. The van der Waals surface area contributed by atoms with E-state index in [9.17, 15) is 13.2 Å². The number of amides is 1. The van der Waals surface area contributed by atoms with Gasteiger partial charge in [0.05, 0.1) is 22.8 Å². The normalized spacial score (nSPS) is 17.2. The van der Waals surface area contributed by atoms with Gasteiger partial charge in [-0.25, -0.2) is 8.42 Å². The highest BCUT2D eigenvalue weighted by Crippen LogP contribution is 2.30. The smallest absolute Gasteiger partial charge is 0.241 e. The highest BCUT2D eigenvalue weighted by atomic mass is 32.2. The molecular formula is C13H19N3O3S. The Bertz CT molecular complexity index is 628. The van der Waals surface area contributed by atoms with E-state index in [4.69, 9.17) is 5.73 Å². The van der Waals surface area contributed by atoms with E-state index < -0.39 is 9.84 Å². The van der Waals surface area contributed by atoms with Crippen LogP contribution in [0.25, 0.3) is 0 Å². The summed E-state index contributed by atoms with van der Waals surface area (Å²) in [7, 11) is -1.61. The lowest BCUT2D eigenvalue weighted by atomic mass is 10.2. The monoisotopic (exact) mass is 297 g/mol. The first-order chi connectivity index (χ1) is 9.30. The zero-order chi connectivity index (χ0) is 14.9. The second-order valence-corrected chi connectivity index (χ2v) is 7.04. The highest BCUT2D eigenvalue weighted by molar-refractivity contribution is 7.90. The molecular weight excluding hydrogens is 278 g/mol. The SMILES string of the molecule is CN1CCCN(c2cccc(S(C)(=O)=O)c2N)CC1=O. The molecule has 0 spiro atoms. The van der Waals surface area contributed by atoms with E-state index in [0.29, 0.717) is 18.8 Å². The zero-order valence-electron chi connectivity index (χ0n) is 11.7. The summed E-state index contributed by atoms with van der Waals surface area (Å²) in [6.07, 6.45) is 1.95. The minimum absolute atomic E-state index is 0.00617. The van der Waals surface area contributed by atoms with Crippen molar-refractivity contribution in [1.82, 2.24) is 4.90 Å². The van der Waals surface area contributed by atoms with Crippen LogP contribution < -0.4 is 10.6 Å². The van der Waals surface area contributed by atoms with Crippen molar-refractivity contribution in [2.24, 2.45) is 0 Å². The molecule has 1 aliphatic heterocycles. The van der Waals surface area contributed by atoms with Gasteiger partial charge >= 0.3 is 0 Å². The average Bonchev–Trinajstić information content (AvgIpc) is 2.51. The second-order valence-electron chi connectivity index (χ2n) is 5.05. The Labute approximate surface area is 119 Å². The van der Waals surface area contributed by atoms with E-state index in [-0.39, 0.29) is 23.0 Å². The number of carbonyl (C=O) groups excluding carboxylic acids is 1. The van der Waals surface area contributed by atoms with Crippen LogP contribution in [0, 0.1) is 0 Å². The predicted octanol–water partition coefficient (Wildman–Crippen LogP) is 0.341. The number of likely N-dealkylation sites (N-methyl/N-ethyl adjacent to an activating group) is 1. The van der Waals surface area contributed by atoms with E-state index in [1.807, 2.05) is 4.90 Å². The largest absolute Gasteiger partial charge is 0.396 e. The van der Waals surface area contributed by atoms with Crippen molar-refractivity contribution in [2.75, 3.05) is 43.6 Å². The molecule has 0 saturated carbocycles. The van der Waals surface area contributed by atoms with E-state index in [2.05, 4.69) is 0 Å². The van der Waals surface area contributed by atoms with Crippen molar-refractivity contribution in [2.45, 2.75) is 11.3 Å². The molecule has 0 aliphatic carbocycles. The van der Waals surface area contributed by atoms with Crippen molar-refractivity contribution >= 4 is 27.1 Å². The molecule has 2 rings (SSSR count). The molecule has 0 aromatic heterocycles. The molecule has 0 radical (unpaired) electrons. The highest BCUT2D eigenvalue weighted by Gasteiger charge is 2.23. The number of nitrogens with two attached hydrogens (primary N) is 1. The summed E-state index contributed by atoms with van der Waals surface area (Å²) < 4.78 is 23.4. The lowest BCUT2D eigenvalue weighted by Gasteiger charge is -2.24. The van der Waals surface area contributed by atoms with Crippen LogP contribution in [0.2, 0.25) is 0 Å². The number of hydrogen-bond donors (Lipinski definition) is 1. The van der Waals surface area contributed by atoms with Gasteiger partial charge < -0.3 is 15.5 Å². The van der Waals surface area contributed by atoms with Crippen LogP contribution in [-0.4, -0.2) is 52.2 Å².